The van der Waals surface area contributed by atoms with E-state index in [2.05, 4.69) is 21.2 Å². The summed E-state index contributed by atoms with van der Waals surface area (Å²) in [6.45, 7) is 4.02. The van der Waals surface area contributed by atoms with E-state index in [-0.39, 0.29) is 5.91 Å². The highest BCUT2D eigenvalue weighted by molar-refractivity contribution is 9.10. The summed E-state index contributed by atoms with van der Waals surface area (Å²) in [6, 6.07) is 13.9. The summed E-state index contributed by atoms with van der Waals surface area (Å²) in [5.74, 6) is 0.00468. The molecule has 0 aliphatic rings. The number of carbonyl (C=O) groups excluding carboxylic acids is 1. The number of amides is 1. The smallest absolute Gasteiger partial charge is 0.228 e. The van der Waals surface area contributed by atoms with Gasteiger partial charge in [0.1, 0.15) is 0 Å². The number of nitrogens with one attached hydrogen (secondary N) is 1. The third kappa shape index (κ3) is 3.93. The number of anilines is 1. The van der Waals surface area contributed by atoms with Gasteiger partial charge >= 0.3 is 0 Å². The Labute approximate surface area is 122 Å². The average molecular weight is 318 g/mol. The van der Waals surface area contributed by atoms with Gasteiger partial charge in [-0.25, -0.2) is 0 Å². The molecule has 0 unspecified atom stereocenters. The topological polar surface area (TPSA) is 29.1 Å². The summed E-state index contributed by atoms with van der Waals surface area (Å²) >= 11 is 3.41. The Morgan fingerprint density at radius 2 is 1.79 bits per heavy atom. The summed E-state index contributed by atoms with van der Waals surface area (Å²) in [6.07, 6.45) is 0.395. The summed E-state index contributed by atoms with van der Waals surface area (Å²) in [5, 5.41) is 2.95. The lowest BCUT2D eigenvalue weighted by molar-refractivity contribution is -0.115. The van der Waals surface area contributed by atoms with Crippen LogP contribution in [0.4, 0.5) is 5.69 Å². The predicted octanol–water partition coefficient (Wildman–Crippen LogP) is 4.25. The van der Waals surface area contributed by atoms with Gasteiger partial charge in [-0.05, 0) is 37.1 Å². The Morgan fingerprint density at radius 1 is 1.11 bits per heavy atom. The van der Waals surface area contributed by atoms with Crippen molar-refractivity contribution in [2.45, 2.75) is 20.3 Å². The van der Waals surface area contributed by atoms with Crippen molar-refractivity contribution in [2.75, 3.05) is 5.32 Å². The summed E-state index contributed by atoms with van der Waals surface area (Å²) in [7, 11) is 0. The van der Waals surface area contributed by atoms with Crippen LogP contribution in [0, 0.1) is 13.8 Å². The maximum atomic E-state index is 12.0. The Kier molecular flexibility index (Phi) is 4.38. The first-order valence-electron chi connectivity index (χ1n) is 6.16. The van der Waals surface area contributed by atoms with Crippen LogP contribution < -0.4 is 5.32 Å². The molecule has 2 nitrogen and oxygen atoms in total. The zero-order chi connectivity index (χ0) is 13.8. The van der Waals surface area contributed by atoms with E-state index < -0.39 is 0 Å². The number of hydrogen-bond acceptors (Lipinski definition) is 1. The van der Waals surface area contributed by atoms with Gasteiger partial charge < -0.3 is 5.32 Å². The van der Waals surface area contributed by atoms with Crippen molar-refractivity contribution < 1.29 is 4.79 Å². The van der Waals surface area contributed by atoms with Crippen molar-refractivity contribution in [3.63, 3.8) is 0 Å². The molecule has 1 amide bonds. The maximum Gasteiger partial charge on any atom is 0.228 e. The Bertz CT molecular complexity index is 590. The van der Waals surface area contributed by atoms with Gasteiger partial charge in [0, 0.05) is 10.2 Å². The molecule has 2 aromatic rings. The molecule has 0 heterocycles. The van der Waals surface area contributed by atoms with Gasteiger partial charge in [-0.3, -0.25) is 4.79 Å². The second kappa shape index (κ2) is 6.02. The molecular weight excluding hydrogens is 302 g/mol. The number of aryl methyl sites for hydroxylation is 2. The van der Waals surface area contributed by atoms with Gasteiger partial charge in [0.25, 0.3) is 0 Å². The predicted molar refractivity (Wildman–Crippen MR) is 82.4 cm³/mol. The molecule has 1 N–H and O–H groups in total. The minimum Gasteiger partial charge on any atom is -0.326 e. The monoisotopic (exact) mass is 317 g/mol. The normalized spacial score (nSPS) is 10.3. The molecule has 0 atom stereocenters. The van der Waals surface area contributed by atoms with E-state index in [0.717, 1.165) is 21.3 Å². The highest BCUT2D eigenvalue weighted by Gasteiger charge is 2.06. The number of carbonyl (C=O) groups is 1. The molecule has 3 heteroatoms. The lowest BCUT2D eigenvalue weighted by atomic mass is 10.1. The van der Waals surface area contributed by atoms with Gasteiger partial charge in [-0.1, -0.05) is 51.8 Å². The molecule has 0 aromatic heterocycles. The van der Waals surface area contributed by atoms with Gasteiger partial charge in [-0.2, -0.15) is 0 Å². The van der Waals surface area contributed by atoms with Crippen molar-refractivity contribution in [1.82, 2.24) is 0 Å². The van der Waals surface area contributed by atoms with Crippen LogP contribution in [0.3, 0.4) is 0 Å². The molecule has 0 spiro atoms. The first kappa shape index (κ1) is 13.8. The Morgan fingerprint density at radius 3 is 2.47 bits per heavy atom. The fourth-order valence-corrected chi connectivity index (χ4v) is 2.18. The second-order valence-electron chi connectivity index (χ2n) is 4.67. The molecule has 0 radical (unpaired) electrons. The highest BCUT2D eigenvalue weighted by Crippen LogP contribution is 2.20. The molecule has 19 heavy (non-hydrogen) atoms. The summed E-state index contributed by atoms with van der Waals surface area (Å²) < 4.78 is 0.962. The van der Waals surface area contributed by atoms with Crippen molar-refractivity contribution in [3.8, 4) is 0 Å². The minimum atomic E-state index is 0.00468. The third-order valence-electron chi connectivity index (χ3n) is 2.96. The van der Waals surface area contributed by atoms with E-state index in [9.17, 15) is 4.79 Å². The molecule has 2 rings (SSSR count). The zero-order valence-corrected chi connectivity index (χ0v) is 12.6. The van der Waals surface area contributed by atoms with Crippen LogP contribution in [0.15, 0.2) is 46.9 Å². The number of halogens is 1. The SMILES string of the molecule is Cc1ccc(CC(=O)Nc2cc(Br)ccc2C)cc1. The lowest BCUT2D eigenvalue weighted by Gasteiger charge is -2.09. The molecular formula is C16H16BrNO. The third-order valence-corrected chi connectivity index (χ3v) is 3.45. The minimum absolute atomic E-state index is 0.00468. The molecule has 0 bridgehead atoms. The van der Waals surface area contributed by atoms with E-state index >= 15 is 0 Å². The average Bonchev–Trinajstić information content (AvgIpc) is 2.37. The van der Waals surface area contributed by atoms with E-state index in [4.69, 9.17) is 0 Å². The Balaban J connectivity index is 2.05. The van der Waals surface area contributed by atoms with Crippen molar-refractivity contribution in [2.24, 2.45) is 0 Å². The number of benzene rings is 2. The second-order valence-corrected chi connectivity index (χ2v) is 5.59. The summed E-state index contributed by atoms with van der Waals surface area (Å²) in [5.41, 5.74) is 4.13. The Hall–Kier alpha value is -1.61. The molecule has 0 saturated carbocycles. The first-order chi connectivity index (χ1) is 9.04. The maximum absolute atomic E-state index is 12.0. The van der Waals surface area contributed by atoms with Gasteiger partial charge in [0.2, 0.25) is 5.91 Å². The first-order valence-corrected chi connectivity index (χ1v) is 6.95. The van der Waals surface area contributed by atoms with Crippen molar-refractivity contribution in [3.05, 3.63) is 63.6 Å². The van der Waals surface area contributed by atoms with Gasteiger partial charge in [-0.15, -0.1) is 0 Å². The van der Waals surface area contributed by atoms with Crippen LogP contribution >= 0.6 is 15.9 Å². The van der Waals surface area contributed by atoms with Crippen LogP contribution in [-0.2, 0) is 11.2 Å². The fraction of sp³-hybridized carbons (Fsp3) is 0.188. The standard InChI is InChI=1S/C16H16BrNO/c1-11-3-6-13(7-4-11)9-16(19)18-15-10-14(17)8-5-12(15)2/h3-8,10H,9H2,1-2H3,(H,18,19). The molecule has 2 aromatic carbocycles. The molecule has 0 saturated heterocycles. The van der Waals surface area contributed by atoms with Crippen molar-refractivity contribution >= 4 is 27.5 Å². The lowest BCUT2D eigenvalue weighted by Crippen LogP contribution is -2.15. The van der Waals surface area contributed by atoms with Crippen LogP contribution in [0.5, 0.6) is 0 Å². The van der Waals surface area contributed by atoms with Crippen LogP contribution in [-0.4, -0.2) is 5.91 Å². The molecule has 0 aliphatic carbocycles. The van der Waals surface area contributed by atoms with E-state index in [1.54, 1.807) is 0 Å². The van der Waals surface area contributed by atoms with Gasteiger partial charge in [0.15, 0.2) is 0 Å². The van der Waals surface area contributed by atoms with Crippen LogP contribution in [0.25, 0.3) is 0 Å². The van der Waals surface area contributed by atoms with E-state index in [1.165, 1.54) is 5.56 Å². The van der Waals surface area contributed by atoms with Gasteiger partial charge in [0.05, 0.1) is 6.42 Å². The quantitative estimate of drug-likeness (QED) is 0.901. The molecule has 0 fully saturated rings. The zero-order valence-electron chi connectivity index (χ0n) is 11.0. The fourth-order valence-electron chi connectivity index (χ4n) is 1.81. The largest absolute Gasteiger partial charge is 0.326 e. The number of rotatable bonds is 3. The molecule has 0 aliphatic heterocycles. The van der Waals surface area contributed by atoms with Crippen LogP contribution in [0.2, 0.25) is 0 Å². The van der Waals surface area contributed by atoms with E-state index in [0.29, 0.717) is 6.42 Å². The summed E-state index contributed by atoms with van der Waals surface area (Å²) in [4.78, 5) is 12.0. The van der Waals surface area contributed by atoms with E-state index in [1.807, 2.05) is 56.3 Å². The van der Waals surface area contributed by atoms with Crippen molar-refractivity contribution in [1.29, 1.82) is 0 Å². The van der Waals surface area contributed by atoms with Crippen LogP contribution in [0.1, 0.15) is 16.7 Å². The molecule has 98 valence electrons. The number of hydrogen-bond donors (Lipinski definition) is 1. The highest BCUT2D eigenvalue weighted by atomic mass is 79.9.